The largest absolute Gasteiger partial charge is 0.246 e. The summed E-state index contributed by atoms with van der Waals surface area (Å²) in [6, 6.07) is 0. The first-order chi connectivity index (χ1) is 3.27. The molecule has 0 bridgehead atoms. The zero-order valence-electron chi connectivity index (χ0n) is 4.02. The van der Waals surface area contributed by atoms with Gasteiger partial charge < -0.3 is 0 Å². The van der Waals surface area contributed by atoms with Crippen molar-refractivity contribution in [3.8, 4) is 0 Å². The molecule has 0 saturated heterocycles. The van der Waals surface area contributed by atoms with Crippen molar-refractivity contribution in [1.29, 1.82) is 0 Å². The molecule has 0 N–H and O–H groups in total. The summed E-state index contributed by atoms with van der Waals surface area (Å²) in [5, 5.41) is 0. The lowest BCUT2D eigenvalue weighted by atomic mass is 10.5. The van der Waals surface area contributed by atoms with Gasteiger partial charge >= 0.3 is 0 Å². The number of alkyl halides is 1. The highest BCUT2D eigenvalue weighted by Gasteiger charge is 1.90. The van der Waals surface area contributed by atoms with Crippen molar-refractivity contribution in [3.05, 3.63) is 0 Å². The molecule has 0 aliphatic heterocycles. The van der Waals surface area contributed by atoms with Crippen LogP contribution in [-0.2, 0) is 4.79 Å². The van der Waals surface area contributed by atoms with Gasteiger partial charge in [0.05, 0.1) is 6.54 Å². The van der Waals surface area contributed by atoms with Gasteiger partial charge in [0.25, 0.3) is 0 Å². The standard InChI is InChI=1S/C4H6FNO/c1-4(5)2-6-3-7/h4H,2H2,1H3. The second-order valence-electron chi connectivity index (χ2n) is 1.21. The fourth-order valence-electron chi connectivity index (χ4n) is 0.163. The maximum atomic E-state index is 11.6. The van der Waals surface area contributed by atoms with E-state index in [0.29, 0.717) is 0 Å². The van der Waals surface area contributed by atoms with E-state index in [0.717, 1.165) is 0 Å². The van der Waals surface area contributed by atoms with E-state index in [9.17, 15) is 9.18 Å². The molecule has 0 radical (unpaired) electrons. The van der Waals surface area contributed by atoms with Gasteiger partial charge in [0.15, 0.2) is 0 Å². The summed E-state index contributed by atoms with van der Waals surface area (Å²) in [6.45, 7) is 1.27. The van der Waals surface area contributed by atoms with Crippen LogP contribution in [0.15, 0.2) is 4.99 Å². The van der Waals surface area contributed by atoms with Gasteiger partial charge in [-0.2, -0.15) is 0 Å². The molecule has 0 aliphatic carbocycles. The second-order valence-corrected chi connectivity index (χ2v) is 1.21. The lowest BCUT2D eigenvalue weighted by Crippen LogP contribution is -1.95. The molecular weight excluding hydrogens is 97.0 g/mol. The Kier molecular flexibility index (Phi) is 3.15. The molecule has 1 unspecified atom stereocenters. The van der Waals surface area contributed by atoms with Gasteiger partial charge in [-0.25, -0.2) is 14.2 Å². The Hall–Kier alpha value is -0.690. The molecule has 0 aromatic heterocycles. The first kappa shape index (κ1) is 6.31. The average molecular weight is 103 g/mol. The van der Waals surface area contributed by atoms with Crippen molar-refractivity contribution in [2.45, 2.75) is 13.1 Å². The van der Waals surface area contributed by atoms with Crippen molar-refractivity contribution in [2.75, 3.05) is 6.54 Å². The number of carbonyl (C=O) groups excluding carboxylic acids is 1. The molecule has 0 aromatic carbocycles. The normalized spacial score (nSPS) is 12.3. The zero-order chi connectivity index (χ0) is 5.70. The minimum Gasteiger partial charge on any atom is -0.246 e. The van der Waals surface area contributed by atoms with Crippen LogP contribution in [0.2, 0.25) is 0 Å². The van der Waals surface area contributed by atoms with E-state index in [1.165, 1.54) is 13.0 Å². The summed E-state index contributed by atoms with van der Waals surface area (Å²) < 4.78 is 11.6. The molecule has 1 atom stereocenters. The summed E-state index contributed by atoms with van der Waals surface area (Å²) in [7, 11) is 0. The van der Waals surface area contributed by atoms with Crippen LogP contribution in [0.5, 0.6) is 0 Å². The minimum atomic E-state index is -1.03. The van der Waals surface area contributed by atoms with Crippen molar-refractivity contribution < 1.29 is 9.18 Å². The number of rotatable bonds is 2. The fourth-order valence-corrected chi connectivity index (χ4v) is 0.163. The highest BCUT2D eigenvalue weighted by Crippen LogP contribution is 1.84. The SMILES string of the molecule is CC(F)CN=C=O. The quantitative estimate of drug-likeness (QED) is 0.373. The predicted molar refractivity (Wildman–Crippen MR) is 23.6 cm³/mol. The molecule has 0 aliphatic rings. The van der Waals surface area contributed by atoms with Crippen LogP contribution >= 0.6 is 0 Å². The van der Waals surface area contributed by atoms with Crippen LogP contribution in [0.3, 0.4) is 0 Å². The summed E-state index contributed by atoms with van der Waals surface area (Å²) in [6.07, 6.45) is 0.208. The predicted octanol–water partition coefficient (Wildman–Crippen LogP) is 0.680. The van der Waals surface area contributed by atoms with Crippen molar-refractivity contribution >= 4 is 6.08 Å². The van der Waals surface area contributed by atoms with Gasteiger partial charge in [0, 0.05) is 0 Å². The number of nitrogens with zero attached hydrogens (tertiary/aromatic N) is 1. The van der Waals surface area contributed by atoms with E-state index in [1.54, 1.807) is 0 Å². The number of halogens is 1. The highest BCUT2D eigenvalue weighted by molar-refractivity contribution is 5.32. The van der Waals surface area contributed by atoms with Gasteiger partial charge in [-0.05, 0) is 6.92 Å². The topological polar surface area (TPSA) is 29.4 Å². The smallest absolute Gasteiger partial charge is 0.235 e. The molecule has 0 fully saturated rings. The molecule has 0 amide bonds. The Morgan fingerprint density at radius 2 is 2.57 bits per heavy atom. The Bertz CT molecular complexity index is 85.7. The Balaban J connectivity index is 3.13. The van der Waals surface area contributed by atoms with E-state index < -0.39 is 6.17 Å². The minimum absolute atomic E-state index is 0.0660. The third kappa shape index (κ3) is 5.31. The molecule has 0 saturated carbocycles. The van der Waals surface area contributed by atoms with E-state index in [4.69, 9.17) is 0 Å². The van der Waals surface area contributed by atoms with E-state index >= 15 is 0 Å². The van der Waals surface area contributed by atoms with Crippen molar-refractivity contribution in [2.24, 2.45) is 4.99 Å². The van der Waals surface area contributed by atoms with Crippen LogP contribution < -0.4 is 0 Å². The van der Waals surface area contributed by atoms with Gasteiger partial charge in [0.1, 0.15) is 6.17 Å². The molecule has 0 rings (SSSR count). The summed E-state index contributed by atoms with van der Waals surface area (Å²) in [5.74, 6) is 0. The Morgan fingerprint density at radius 1 is 2.00 bits per heavy atom. The van der Waals surface area contributed by atoms with Crippen molar-refractivity contribution in [3.63, 3.8) is 0 Å². The van der Waals surface area contributed by atoms with E-state index in [2.05, 4.69) is 4.99 Å². The Morgan fingerprint density at radius 3 is 2.71 bits per heavy atom. The van der Waals surface area contributed by atoms with Gasteiger partial charge in [-0.15, -0.1) is 0 Å². The monoisotopic (exact) mass is 103 g/mol. The van der Waals surface area contributed by atoms with Gasteiger partial charge in [-0.1, -0.05) is 0 Å². The molecule has 0 spiro atoms. The van der Waals surface area contributed by atoms with Crippen molar-refractivity contribution in [1.82, 2.24) is 0 Å². The van der Waals surface area contributed by atoms with Gasteiger partial charge in [-0.3, -0.25) is 0 Å². The number of hydrogen-bond acceptors (Lipinski definition) is 2. The van der Waals surface area contributed by atoms with E-state index in [-0.39, 0.29) is 6.54 Å². The van der Waals surface area contributed by atoms with Gasteiger partial charge in [0.2, 0.25) is 6.08 Å². The lowest BCUT2D eigenvalue weighted by molar-refractivity contribution is 0.370. The molecule has 7 heavy (non-hydrogen) atoms. The molecule has 0 aromatic rings. The average Bonchev–Trinajstić information content (AvgIpc) is 1.61. The molecule has 3 heteroatoms. The summed E-state index contributed by atoms with van der Waals surface area (Å²) in [5.41, 5.74) is 0. The zero-order valence-corrected chi connectivity index (χ0v) is 4.02. The molecular formula is C4H6FNO. The first-order valence-electron chi connectivity index (χ1n) is 1.95. The number of hydrogen-bond donors (Lipinski definition) is 0. The number of isocyanates is 1. The summed E-state index contributed by atoms with van der Waals surface area (Å²) in [4.78, 5) is 12.2. The first-order valence-corrected chi connectivity index (χ1v) is 1.95. The van der Waals surface area contributed by atoms with Crippen LogP contribution in [0.25, 0.3) is 0 Å². The second kappa shape index (κ2) is 3.50. The highest BCUT2D eigenvalue weighted by atomic mass is 19.1. The third-order valence-electron chi connectivity index (χ3n) is 0.407. The molecule has 2 nitrogen and oxygen atoms in total. The van der Waals surface area contributed by atoms with Crippen LogP contribution in [-0.4, -0.2) is 18.8 Å². The lowest BCUT2D eigenvalue weighted by Gasteiger charge is -1.86. The van der Waals surface area contributed by atoms with E-state index in [1.807, 2.05) is 0 Å². The third-order valence-corrected chi connectivity index (χ3v) is 0.407. The summed E-state index contributed by atoms with van der Waals surface area (Å²) >= 11 is 0. The molecule has 0 heterocycles. The molecule has 40 valence electrons. The fraction of sp³-hybridized carbons (Fsp3) is 0.750. The number of aliphatic imine (C=N–C) groups is 1. The van der Waals surface area contributed by atoms with Crippen LogP contribution in [0.1, 0.15) is 6.92 Å². The van der Waals surface area contributed by atoms with Crippen LogP contribution in [0, 0.1) is 0 Å². The Labute approximate surface area is 41.1 Å². The maximum absolute atomic E-state index is 11.6. The maximum Gasteiger partial charge on any atom is 0.235 e. The van der Waals surface area contributed by atoms with Crippen LogP contribution in [0.4, 0.5) is 4.39 Å².